The van der Waals surface area contributed by atoms with E-state index in [2.05, 4.69) is 5.32 Å². The topological polar surface area (TPSA) is 107 Å². The summed E-state index contributed by atoms with van der Waals surface area (Å²) in [5.41, 5.74) is 1.31. The second kappa shape index (κ2) is 12.4. The first-order chi connectivity index (χ1) is 15.6. The van der Waals surface area contributed by atoms with E-state index in [4.69, 9.17) is 5.11 Å². The van der Waals surface area contributed by atoms with Crippen LogP contribution in [0, 0.1) is 5.82 Å². The van der Waals surface area contributed by atoms with Crippen LogP contribution < -0.4 is 5.32 Å². The third-order valence-corrected chi connectivity index (χ3v) is 6.25. The predicted octanol–water partition coefficient (Wildman–Crippen LogP) is 1.50. The molecule has 0 spiro atoms. The van der Waals surface area contributed by atoms with Gasteiger partial charge in [0, 0.05) is 26.2 Å². The number of benzene rings is 2. The zero-order valence-electron chi connectivity index (χ0n) is 18.8. The monoisotopic (exact) mass is 479 g/mol. The molecule has 2 N–H and O–H groups in total. The highest BCUT2D eigenvalue weighted by atomic mass is 32.2. The zero-order chi connectivity index (χ0) is 24.4. The molecule has 1 atom stereocenters. The van der Waals surface area contributed by atoms with E-state index in [1.807, 2.05) is 0 Å². The second-order valence-electron chi connectivity index (χ2n) is 7.71. The molecule has 2 aromatic carbocycles. The van der Waals surface area contributed by atoms with E-state index < -0.39 is 40.2 Å². The Bertz CT molecular complexity index is 1020. The summed E-state index contributed by atoms with van der Waals surface area (Å²) in [6, 6.07) is 13.5. The Hall–Kier alpha value is -2.82. The molecule has 180 valence electrons. The summed E-state index contributed by atoms with van der Waals surface area (Å²) >= 11 is 0. The molecule has 0 aliphatic rings. The fourth-order valence-electron chi connectivity index (χ4n) is 3.13. The van der Waals surface area contributed by atoms with Crippen LogP contribution in [-0.4, -0.2) is 66.5 Å². The Morgan fingerprint density at radius 1 is 1.03 bits per heavy atom. The summed E-state index contributed by atoms with van der Waals surface area (Å²) < 4.78 is 39.1. The van der Waals surface area contributed by atoms with Crippen molar-refractivity contribution in [3.05, 3.63) is 71.5 Å². The molecule has 8 nitrogen and oxygen atoms in total. The third-order valence-electron chi connectivity index (χ3n) is 5.05. The van der Waals surface area contributed by atoms with Gasteiger partial charge in [-0.3, -0.25) is 9.59 Å². The number of hydrogen-bond donors (Lipinski definition) is 2. The Morgan fingerprint density at radius 3 is 2.21 bits per heavy atom. The number of aliphatic hydroxyl groups excluding tert-OH is 1. The molecule has 1 unspecified atom stereocenters. The molecule has 0 aromatic heterocycles. The number of carbonyl (C=O) groups is 2. The molecule has 2 rings (SSSR count). The lowest BCUT2D eigenvalue weighted by Gasteiger charge is -2.31. The van der Waals surface area contributed by atoms with Gasteiger partial charge in [0.05, 0.1) is 12.8 Å². The number of halogens is 1. The minimum atomic E-state index is -3.73. The summed E-state index contributed by atoms with van der Waals surface area (Å²) in [6.45, 7) is 1.24. The van der Waals surface area contributed by atoms with Crippen molar-refractivity contribution in [2.24, 2.45) is 0 Å². The van der Waals surface area contributed by atoms with E-state index >= 15 is 0 Å². The van der Waals surface area contributed by atoms with Crippen molar-refractivity contribution in [1.29, 1.82) is 0 Å². The van der Waals surface area contributed by atoms with Crippen LogP contribution in [-0.2, 0) is 32.7 Å². The van der Waals surface area contributed by atoms with Gasteiger partial charge >= 0.3 is 0 Å². The fraction of sp³-hybridized carbons (Fsp3) is 0.391. The molecule has 0 bridgehead atoms. The first kappa shape index (κ1) is 26.4. The van der Waals surface area contributed by atoms with Gasteiger partial charge in [-0.05, 0) is 36.6 Å². The quantitative estimate of drug-likeness (QED) is 0.449. The van der Waals surface area contributed by atoms with Crippen molar-refractivity contribution < 1.29 is 27.5 Å². The normalized spacial score (nSPS) is 12.4. The van der Waals surface area contributed by atoms with Crippen LogP contribution in [0.3, 0.4) is 0 Å². The minimum absolute atomic E-state index is 0.00333. The standard InChI is InChI=1S/C23H30FN3O5S/c1-18(23(30)25-13-6-14-28)27(16-20-9-11-21(24)12-10-20)22(29)17-26(33(2,31)32)15-19-7-4-3-5-8-19/h3-5,7-12,18,28H,6,13-17H2,1-2H3,(H,25,30). The predicted molar refractivity (Wildman–Crippen MR) is 123 cm³/mol. The highest BCUT2D eigenvalue weighted by molar-refractivity contribution is 7.88. The van der Waals surface area contributed by atoms with Gasteiger partial charge in [0.25, 0.3) is 0 Å². The number of sulfonamides is 1. The SMILES string of the molecule is CC(C(=O)NCCCO)N(Cc1ccc(F)cc1)C(=O)CN(Cc1ccccc1)S(C)(=O)=O. The van der Waals surface area contributed by atoms with Gasteiger partial charge in [-0.15, -0.1) is 0 Å². The van der Waals surface area contributed by atoms with Crippen LogP contribution in [0.25, 0.3) is 0 Å². The summed E-state index contributed by atoms with van der Waals surface area (Å²) in [6.07, 6.45) is 1.39. The van der Waals surface area contributed by atoms with Crippen LogP contribution in [0.15, 0.2) is 54.6 Å². The van der Waals surface area contributed by atoms with E-state index in [0.717, 1.165) is 16.1 Å². The van der Waals surface area contributed by atoms with Crippen LogP contribution in [0.5, 0.6) is 0 Å². The molecule has 0 aliphatic heterocycles. The Kier molecular flexibility index (Phi) is 9.95. The number of amides is 2. The minimum Gasteiger partial charge on any atom is -0.396 e. The summed E-state index contributed by atoms with van der Waals surface area (Å²) in [5, 5.41) is 11.6. The molecular formula is C23H30FN3O5S. The van der Waals surface area contributed by atoms with Crippen molar-refractivity contribution >= 4 is 21.8 Å². The number of hydrogen-bond acceptors (Lipinski definition) is 5. The fourth-order valence-corrected chi connectivity index (χ4v) is 3.86. The third kappa shape index (κ3) is 8.56. The van der Waals surface area contributed by atoms with Crippen LogP contribution in [0.2, 0.25) is 0 Å². The Labute approximate surface area is 194 Å². The van der Waals surface area contributed by atoms with E-state index in [0.29, 0.717) is 12.0 Å². The highest BCUT2D eigenvalue weighted by Crippen LogP contribution is 2.14. The molecule has 2 amide bonds. The average Bonchev–Trinajstić information content (AvgIpc) is 2.78. The highest BCUT2D eigenvalue weighted by Gasteiger charge is 2.29. The molecule has 0 aliphatic carbocycles. The van der Waals surface area contributed by atoms with Gasteiger partial charge < -0.3 is 15.3 Å². The molecule has 0 saturated heterocycles. The van der Waals surface area contributed by atoms with Crippen LogP contribution in [0.1, 0.15) is 24.5 Å². The molecule has 0 saturated carbocycles. The summed E-state index contributed by atoms with van der Waals surface area (Å²) in [5.74, 6) is -1.43. The Balaban J connectivity index is 2.25. The first-order valence-corrected chi connectivity index (χ1v) is 12.4. The number of rotatable bonds is 12. The van der Waals surface area contributed by atoms with Crippen molar-refractivity contribution in [2.45, 2.75) is 32.5 Å². The number of carbonyl (C=O) groups excluding carboxylic acids is 2. The number of nitrogens with zero attached hydrogens (tertiary/aromatic N) is 2. The lowest BCUT2D eigenvalue weighted by Crippen LogP contribution is -2.51. The van der Waals surface area contributed by atoms with E-state index in [1.165, 1.54) is 36.1 Å². The molecular weight excluding hydrogens is 449 g/mol. The first-order valence-electron chi connectivity index (χ1n) is 10.5. The van der Waals surface area contributed by atoms with Gasteiger partial charge in [-0.1, -0.05) is 42.5 Å². The zero-order valence-corrected chi connectivity index (χ0v) is 19.6. The maximum atomic E-state index is 13.3. The maximum Gasteiger partial charge on any atom is 0.242 e. The lowest BCUT2D eigenvalue weighted by atomic mass is 10.1. The molecule has 33 heavy (non-hydrogen) atoms. The van der Waals surface area contributed by atoms with Crippen molar-refractivity contribution in [2.75, 3.05) is 26.0 Å². The summed E-state index contributed by atoms with van der Waals surface area (Å²) in [7, 11) is -3.73. The van der Waals surface area contributed by atoms with Crippen molar-refractivity contribution in [1.82, 2.24) is 14.5 Å². The largest absolute Gasteiger partial charge is 0.396 e. The van der Waals surface area contributed by atoms with E-state index in [9.17, 15) is 22.4 Å². The van der Waals surface area contributed by atoms with E-state index in [-0.39, 0.29) is 26.2 Å². The average molecular weight is 480 g/mol. The van der Waals surface area contributed by atoms with Gasteiger partial charge in [0.2, 0.25) is 21.8 Å². The second-order valence-corrected chi connectivity index (χ2v) is 9.69. The number of nitrogens with one attached hydrogen (secondary N) is 1. The molecule has 10 heteroatoms. The van der Waals surface area contributed by atoms with Gasteiger partial charge in [-0.25, -0.2) is 12.8 Å². The van der Waals surface area contributed by atoms with Crippen molar-refractivity contribution in [3.8, 4) is 0 Å². The van der Waals surface area contributed by atoms with Gasteiger partial charge in [0.1, 0.15) is 11.9 Å². The number of aliphatic hydroxyl groups is 1. The maximum absolute atomic E-state index is 13.3. The lowest BCUT2D eigenvalue weighted by molar-refractivity contribution is -0.140. The molecule has 0 radical (unpaired) electrons. The molecule has 0 fully saturated rings. The van der Waals surface area contributed by atoms with Crippen LogP contribution in [0.4, 0.5) is 4.39 Å². The Morgan fingerprint density at radius 2 is 1.64 bits per heavy atom. The van der Waals surface area contributed by atoms with E-state index in [1.54, 1.807) is 30.3 Å². The van der Waals surface area contributed by atoms with Gasteiger partial charge in [-0.2, -0.15) is 4.31 Å². The van der Waals surface area contributed by atoms with Crippen molar-refractivity contribution in [3.63, 3.8) is 0 Å². The smallest absolute Gasteiger partial charge is 0.242 e. The van der Waals surface area contributed by atoms with Gasteiger partial charge in [0.15, 0.2) is 0 Å². The molecule has 0 heterocycles. The summed E-state index contributed by atoms with van der Waals surface area (Å²) in [4.78, 5) is 27.1. The van der Waals surface area contributed by atoms with Crippen LogP contribution >= 0.6 is 0 Å². The molecule has 2 aromatic rings.